The standard InChI is InChI=1S/C22H20ClFN4O2S/c1-22(30,10-29)12-5-6-27-16(8-12)13-4-2-3-11-7-17(31-20(11)13)18(25)19-14(23)9-15(24)21(26)28-19/h2-9,18,29-30H,10,25H2,1H3,(H2,26,28)/t18-,22-/m0/s1. The predicted octanol–water partition coefficient (Wildman–Crippen LogP) is 3.98. The maximum absolute atomic E-state index is 13.6. The van der Waals surface area contributed by atoms with Crippen LogP contribution in [0.15, 0.2) is 48.7 Å². The number of aliphatic hydroxyl groups excluding tert-OH is 1. The summed E-state index contributed by atoms with van der Waals surface area (Å²) in [5, 5.41) is 20.9. The van der Waals surface area contributed by atoms with Gasteiger partial charge in [-0.2, -0.15) is 0 Å². The number of hydrogen-bond donors (Lipinski definition) is 4. The van der Waals surface area contributed by atoms with Gasteiger partial charge < -0.3 is 21.7 Å². The lowest BCUT2D eigenvalue weighted by atomic mass is 9.96. The molecule has 6 nitrogen and oxygen atoms in total. The number of nitrogen functional groups attached to an aromatic ring is 1. The number of thiophene rings is 1. The Labute approximate surface area is 187 Å². The van der Waals surface area contributed by atoms with E-state index < -0.39 is 24.1 Å². The number of aliphatic hydroxyl groups is 2. The summed E-state index contributed by atoms with van der Waals surface area (Å²) in [6, 6.07) is 11.6. The molecule has 160 valence electrons. The van der Waals surface area contributed by atoms with Crippen LogP contribution in [0.3, 0.4) is 0 Å². The Bertz CT molecular complexity index is 1280. The largest absolute Gasteiger partial charge is 0.393 e. The summed E-state index contributed by atoms with van der Waals surface area (Å²) in [6.07, 6.45) is 1.60. The number of halogens is 2. The average Bonchev–Trinajstić information content (AvgIpc) is 3.20. The average molecular weight is 459 g/mol. The van der Waals surface area contributed by atoms with Crippen molar-refractivity contribution < 1.29 is 14.6 Å². The molecule has 2 atom stereocenters. The van der Waals surface area contributed by atoms with Gasteiger partial charge >= 0.3 is 0 Å². The third-order valence-corrected chi connectivity index (χ3v) is 6.68. The van der Waals surface area contributed by atoms with E-state index in [9.17, 15) is 14.6 Å². The molecule has 0 spiro atoms. The van der Waals surface area contributed by atoms with E-state index in [1.807, 2.05) is 24.3 Å². The monoisotopic (exact) mass is 458 g/mol. The minimum atomic E-state index is -1.38. The topological polar surface area (TPSA) is 118 Å². The van der Waals surface area contributed by atoms with Crippen molar-refractivity contribution in [3.05, 3.63) is 75.6 Å². The summed E-state index contributed by atoms with van der Waals surface area (Å²) < 4.78 is 14.6. The van der Waals surface area contributed by atoms with Crippen LogP contribution in [-0.2, 0) is 5.60 Å². The van der Waals surface area contributed by atoms with Gasteiger partial charge in [-0.3, -0.25) is 4.98 Å². The summed E-state index contributed by atoms with van der Waals surface area (Å²) in [5.74, 6) is -0.946. The lowest BCUT2D eigenvalue weighted by Gasteiger charge is -2.21. The second kappa shape index (κ2) is 8.14. The van der Waals surface area contributed by atoms with Gasteiger partial charge in [0.15, 0.2) is 11.6 Å². The van der Waals surface area contributed by atoms with Crippen molar-refractivity contribution in [2.75, 3.05) is 12.3 Å². The lowest BCUT2D eigenvalue weighted by Crippen LogP contribution is -2.25. The van der Waals surface area contributed by atoms with Crippen LogP contribution in [-0.4, -0.2) is 26.8 Å². The minimum Gasteiger partial charge on any atom is -0.393 e. The van der Waals surface area contributed by atoms with Crippen molar-refractivity contribution in [1.29, 1.82) is 0 Å². The predicted molar refractivity (Wildman–Crippen MR) is 121 cm³/mol. The molecule has 31 heavy (non-hydrogen) atoms. The molecule has 9 heteroatoms. The second-order valence-electron chi connectivity index (χ2n) is 7.43. The summed E-state index contributed by atoms with van der Waals surface area (Å²) in [4.78, 5) is 9.26. The molecule has 0 aliphatic carbocycles. The molecule has 3 heterocycles. The fraction of sp³-hybridized carbons (Fsp3) is 0.182. The Kier molecular flexibility index (Phi) is 5.67. The molecular weight excluding hydrogens is 439 g/mol. The molecule has 3 aromatic heterocycles. The van der Waals surface area contributed by atoms with E-state index >= 15 is 0 Å². The zero-order valence-corrected chi connectivity index (χ0v) is 18.1. The van der Waals surface area contributed by atoms with Crippen LogP contribution >= 0.6 is 22.9 Å². The van der Waals surface area contributed by atoms with Crippen LogP contribution in [0.1, 0.15) is 29.1 Å². The number of benzene rings is 1. The van der Waals surface area contributed by atoms with Crippen LogP contribution in [0.5, 0.6) is 0 Å². The number of nitrogens with two attached hydrogens (primary N) is 2. The SMILES string of the molecule is C[C@](O)(CO)c1ccnc(-c2cccc3cc([C@H](N)c4nc(N)c(F)cc4Cl)sc23)c1. The van der Waals surface area contributed by atoms with Crippen molar-refractivity contribution in [1.82, 2.24) is 9.97 Å². The van der Waals surface area contributed by atoms with Crippen molar-refractivity contribution in [3.8, 4) is 11.3 Å². The van der Waals surface area contributed by atoms with Gasteiger partial charge in [-0.15, -0.1) is 11.3 Å². The van der Waals surface area contributed by atoms with Gasteiger partial charge in [-0.1, -0.05) is 29.8 Å². The first kappa shape index (κ1) is 21.6. The van der Waals surface area contributed by atoms with Crippen LogP contribution in [0, 0.1) is 5.82 Å². The molecule has 0 radical (unpaired) electrons. The Morgan fingerprint density at radius 2 is 2.03 bits per heavy atom. The molecule has 6 N–H and O–H groups in total. The lowest BCUT2D eigenvalue weighted by molar-refractivity contribution is -0.00230. The summed E-state index contributed by atoms with van der Waals surface area (Å²) in [7, 11) is 0. The molecule has 4 rings (SSSR count). The van der Waals surface area contributed by atoms with Gasteiger partial charge in [0.05, 0.1) is 29.1 Å². The number of pyridine rings is 2. The van der Waals surface area contributed by atoms with Crippen LogP contribution < -0.4 is 11.5 Å². The first-order valence-corrected chi connectivity index (χ1v) is 10.6. The van der Waals surface area contributed by atoms with Gasteiger partial charge in [0, 0.05) is 21.3 Å². The number of hydrogen-bond acceptors (Lipinski definition) is 7. The smallest absolute Gasteiger partial charge is 0.166 e. The number of nitrogens with zero attached hydrogens (tertiary/aromatic N) is 2. The zero-order valence-electron chi connectivity index (χ0n) is 16.5. The Morgan fingerprint density at radius 1 is 1.26 bits per heavy atom. The van der Waals surface area contributed by atoms with Gasteiger partial charge in [-0.25, -0.2) is 9.37 Å². The van der Waals surface area contributed by atoms with Crippen molar-refractivity contribution in [2.24, 2.45) is 5.73 Å². The van der Waals surface area contributed by atoms with Crippen molar-refractivity contribution >= 4 is 38.8 Å². The first-order valence-electron chi connectivity index (χ1n) is 9.41. The van der Waals surface area contributed by atoms with E-state index in [0.29, 0.717) is 17.0 Å². The Hall–Kier alpha value is -2.62. The highest BCUT2D eigenvalue weighted by atomic mass is 35.5. The first-order chi connectivity index (χ1) is 14.7. The van der Waals surface area contributed by atoms with Gasteiger partial charge in [0.2, 0.25) is 0 Å². The molecule has 0 bridgehead atoms. The third kappa shape index (κ3) is 4.00. The Morgan fingerprint density at radius 3 is 2.77 bits per heavy atom. The van der Waals surface area contributed by atoms with Crippen LogP contribution in [0.25, 0.3) is 21.3 Å². The van der Waals surface area contributed by atoms with E-state index in [1.54, 1.807) is 25.3 Å². The Balaban J connectivity index is 1.80. The fourth-order valence-electron chi connectivity index (χ4n) is 3.29. The molecule has 0 amide bonds. The van der Waals surface area contributed by atoms with Gasteiger partial charge in [0.1, 0.15) is 5.60 Å². The zero-order chi connectivity index (χ0) is 22.3. The fourth-order valence-corrected chi connectivity index (χ4v) is 4.73. The van der Waals surface area contributed by atoms with E-state index in [1.165, 1.54) is 11.3 Å². The van der Waals surface area contributed by atoms with E-state index in [-0.39, 0.29) is 10.8 Å². The number of anilines is 1. The number of rotatable bonds is 5. The number of fused-ring (bicyclic) bond motifs is 1. The van der Waals surface area contributed by atoms with Crippen molar-refractivity contribution in [2.45, 2.75) is 18.6 Å². The third-order valence-electron chi connectivity index (χ3n) is 5.11. The molecule has 0 aliphatic heterocycles. The van der Waals surface area contributed by atoms with Gasteiger partial charge in [0.25, 0.3) is 0 Å². The van der Waals surface area contributed by atoms with Crippen LogP contribution in [0.2, 0.25) is 5.02 Å². The molecule has 0 aliphatic rings. The van der Waals surface area contributed by atoms with E-state index in [4.69, 9.17) is 23.1 Å². The van der Waals surface area contributed by atoms with E-state index in [0.717, 1.165) is 26.6 Å². The molecule has 0 fully saturated rings. The highest BCUT2D eigenvalue weighted by molar-refractivity contribution is 7.19. The molecule has 0 saturated carbocycles. The summed E-state index contributed by atoms with van der Waals surface area (Å²) in [6.45, 7) is 1.13. The minimum absolute atomic E-state index is 0.109. The summed E-state index contributed by atoms with van der Waals surface area (Å²) in [5.41, 5.74) is 13.0. The molecular formula is C22H20ClFN4O2S. The van der Waals surface area contributed by atoms with Crippen LogP contribution in [0.4, 0.5) is 10.2 Å². The normalized spacial score (nSPS) is 14.5. The molecule has 1 aromatic carbocycles. The van der Waals surface area contributed by atoms with Crippen molar-refractivity contribution in [3.63, 3.8) is 0 Å². The van der Waals surface area contributed by atoms with E-state index in [2.05, 4.69) is 9.97 Å². The quantitative estimate of drug-likeness (QED) is 0.359. The maximum Gasteiger partial charge on any atom is 0.166 e. The highest BCUT2D eigenvalue weighted by Gasteiger charge is 2.24. The molecule has 4 aromatic rings. The number of aromatic nitrogens is 2. The maximum atomic E-state index is 13.6. The molecule has 0 saturated heterocycles. The second-order valence-corrected chi connectivity index (χ2v) is 8.93. The highest BCUT2D eigenvalue weighted by Crippen LogP contribution is 2.39. The summed E-state index contributed by atoms with van der Waals surface area (Å²) >= 11 is 7.61. The van der Waals surface area contributed by atoms with Gasteiger partial charge in [-0.05, 0) is 42.1 Å². The molecule has 0 unspecified atom stereocenters.